The maximum atomic E-state index is 11.0. The number of nitrogens with one attached hydrogen (secondary N) is 1. The van der Waals surface area contributed by atoms with Crippen molar-refractivity contribution in [3.63, 3.8) is 0 Å². The van der Waals surface area contributed by atoms with Gasteiger partial charge in [0.1, 0.15) is 5.84 Å². The minimum atomic E-state index is -0.718. The summed E-state index contributed by atoms with van der Waals surface area (Å²) in [6.45, 7) is 2.99. The lowest BCUT2D eigenvalue weighted by atomic mass is 10.0. The molecule has 0 spiro atoms. The lowest BCUT2D eigenvalue weighted by Crippen LogP contribution is -2.34. The summed E-state index contributed by atoms with van der Waals surface area (Å²) in [5, 5.41) is 15.0. The van der Waals surface area contributed by atoms with Crippen LogP contribution in [0.25, 0.3) is 0 Å². The summed E-state index contributed by atoms with van der Waals surface area (Å²) in [5.74, 6) is 1.05. The molecule has 6 heteroatoms. The lowest BCUT2D eigenvalue weighted by Gasteiger charge is -2.19. The maximum absolute atomic E-state index is 11.0. The Hall–Kier alpha value is -0.620. The van der Waals surface area contributed by atoms with Crippen LogP contribution in [0.15, 0.2) is 5.16 Å². The van der Waals surface area contributed by atoms with Crippen molar-refractivity contribution >= 4 is 16.6 Å². The average molecular weight is 261 g/mol. The van der Waals surface area contributed by atoms with E-state index in [-0.39, 0.29) is 5.41 Å². The van der Waals surface area contributed by atoms with Crippen LogP contribution in [0.3, 0.4) is 0 Å². The average Bonchev–Trinajstić information content (AvgIpc) is 3.04. The normalized spacial score (nSPS) is 22.1. The van der Waals surface area contributed by atoms with Gasteiger partial charge in [0.15, 0.2) is 0 Å². The SMILES string of the molecule is CC(CCS(C)=O)NCC1(CC(N)=NO)CC1. The van der Waals surface area contributed by atoms with E-state index in [1.807, 2.05) is 0 Å². The van der Waals surface area contributed by atoms with Crippen molar-refractivity contribution in [1.29, 1.82) is 0 Å². The van der Waals surface area contributed by atoms with Gasteiger partial charge in [0.25, 0.3) is 0 Å². The van der Waals surface area contributed by atoms with Crippen molar-refractivity contribution in [2.24, 2.45) is 16.3 Å². The molecule has 2 atom stereocenters. The summed E-state index contributed by atoms with van der Waals surface area (Å²) in [7, 11) is -0.718. The Balaban J connectivity index is 2.23. The van der Waals surface area contributed by atoms with Gasteiger partial charge in [-0.3, -0.25) is 4.21 Å². The van der Waals surface area contributed by atoms with Gasteiger partial charge in [0.05, 0.1) is 0 Å². The van der Waals surface area contributed by atoms with Crippen LogP contribution >= 0.6 is 0 Å². The largest absolute Gasteiger partial charge is 0.409 e. The monoisotopic (exact) mass is 261 g/mol. The van der Waals surface area contributed by atoms with E-state index in [0.29, 0.717) is 18.3 Å². The minimum Gasteiger partial charge on any atom is -0.409 e. The van der Waals surface area contributed by atoms with Gasteiger partial charge in [-0.25, -0.2) is 0 Å². The standard InChI is InChI=1S/C11H23N3O2S/c1-9(3-6-17(2)16)13-8-11(4-5-11)7-10(12)14-15/h9,13,15H,3-8H2,1-2H3,(H2,12,14). The molecule has 0 aliphatic heterocycles. The quantitative estimate of drug-likeness (QED) is 0.259. The molecule has 0 radical (unpaired) electrons. The van der Waals surface area contributed by atoms with E-state index in [1.54, 1.807) is 6.26 Å². The van der Waals surface area contributed by atoms with E-state index in [2.05, 4.69) is 17.4 Å². The maximum Gasteiger partial charge on any atom is 0.139 e. The highest BCUT2D eigenvalue weighted by atomic mass is 32.2. The molecule has 2 unspecified atom stereocenters. The molecular formula is C11H23N3O2S. The Kier molecular flexibility index (Phi) is 5.39. The Labute approximate surface area is 105 Å². The summed E-state index contributed by atoms with van der Waals surface area (Å²) < 4.78 is 11.0. The number of nitrogens with zero attached hydrogens (tertiary/aromatic N) is 1. The number of nitrogens with two attached hydrogens (primary N) is 1. The molecule has 17 heavy (non-hydrogen) atoms. The van der Waals surface area contributed by atoms with Crippen molar-refractivity contribution in [2.75, 3.05) is 18.6 Å². The lowest BCUT2D eigenvalue weighted by molar-refractivity contribution is 0.313. The molecule has 4 N–H and O–H groups in total. The summed E-state index contributed by atoms with van der Waals surface area (Å²) >= 11 is 0. The van der Waals surface area contributed by atoms with Crippen LogP contribution in [0.1, 0.15) is 32.6 Å². The van der Waals surface area contributed by atoms with E-state index >= 15 is 0 Å². The summed E-state index contributed by atoms with van der Waals surface area (Å²) in [6.07, 6.45) is 5.56. The van der Waals surface area contributed by atoms with Gasteiger partial charge < -0.3 is 16.3 Å². The topological polar surface area (TPSA) is 87.7 Å². The van der Waals surface area contributed by atoms with Crippen LogP contribution in [0.5, 0.6) is 0 Å². The first-order valence-electron chi connectivity index (χ1n) is 5.97. The number of hydrogen-bond donors (Lipinski definition) is 3. The van der Waals surface area contributed by atoms with Crippen LogP contribution < -0.4 is 11.1 Å². The molecular weight excluding hydrogens is 238 g/mol. The van der Waals surface area contributed by atoms with Gasteiger partial charge in [-0.05, 0) is 31.6 Å². The van der Waals surface area contributed by atoms with Gasteiger partial charge in [-0.15, -0.1) is 0 Å². The second kappa shape index (κ2) is 6.35. The van der Waals surface area contributed by atoms with Crippen molar-refractivity contribution in [2.45, 2.75) is 38.6 Å². The predicted molar refractivity (Wildman–Crippen MR) is 70.7 cm³/mol. The molecule has 0 heterocycles. The first kappa shape index (κ1) is 14.4. The zero-order valence-corrected chi connectivity index (χ0v) is 11.4. The van der Waals surface area contributed by atoms with Crippen LogP contribution in [0.4, 0.5) is 0 Å². The van der Waals surface area contributed by atoms with E-state index in [0.717, 1.165) is 31.6 Å². The minimum absolute atomic E-state index is 0.190. The van der Waals surface area contributed by atoms with Gasteiger partial charge >= 0.3 is 0 Å². The Morgan fingerprint density at radius 3 is 2.76 bits per heavy atom. The van der Waals surface area contributed by atoms with Gasteiger partial charge in [0, 0.05) is 41.8 Å². The van der Waals surface area contributed by atoms with Crippen LogP contribution in [0.2, 0.25) is 0 Å². The van der Waals surface area contributed by atoms with E-state index in [1.165, 1.54) is 0 Å². The Bertz CT molecular complexity index is 303. The smallest absolute Gasteiger partial charge is 0.139 e. The predicted octanol–water partition coefficient (Wildman–Crippen LogP) is 0.650. The third-order valence-electron chi connectivity index (χ3n) is 3.31. The highest BCUT2D eigenvalue weighted by Crippen LogP contribution is 2.48. The molecule has 1 aliphatic carbocycles. The number of oxime groups is 1. The van der Waals surface area contributed by atoms with Crippen LogP contribution in [-0.4, -0.2) is 39.8 Å². The first-order valence-corrected chi connectivity index (χ1v) is 7.70. The van der Waals surface area contributed by atoms with Crippen LogP contribution in [-0.2, 0) is 10.8 Å². The highest BCUT2D eigenvalue weighted by Gasteiger charge is 2.43. The molecule has 0 saturated heterocycles. The Morgan fingerprint density at radius 2 is 2.29 bits per heavy atom. The zero-order valence-electron chi connectivity index (χ0n) is 10.6. The second-order valence-electron chi connectivity index (χ2n) is 5.12. The van der Waals surface area contributed by atoms with Crippen molar-refractivity contribution in [1.82, 2.24) is 5.32 Å². The third kappa shape index (κ3) is 5.50. The van der Waals surface area contributed by atoms with E-state index < -0.39 is 10.8 Å². The summed E-state index contributed by atoms with van der Waals surface area (Å²) in [6, 6.07) is 0.365. The highest BCUT2D eigenvalue weighted by molar-refractivity contribution is 7.84. The molecule has 0 aromatic carbocycles. The first-order chi connectivity index (χ1) is 7.97. The number of amidine groups is 1. The number of hydrogen-bond acceptors (Lipinski definition) is 4. The molecule has 100 valence electrons. The molecule has 0 bridgehead atoms. The molecule has 1 aliphatic rings. The second-order valence-corrected chi connectivity index (χ2v) is 6.67. The molecule has 5 nitrogen and oxygen atoms in total. The molecule has 0 amide bonds. The van der Waals surface area contributed by atoms with Crippen LogP contribution in [0, 0.1) is 5.41 Å². The molecule has 0 aromatic rings. The van der Waals surface area contributed by atoms with Crippen molar-refractivity contribution in [3.05, 3.63) is 0 Å². The molecule has 1 rings (SSSR count). The van der Waals surface area contributed by atoms with Gasteiger partial charge in [-0.2, -0.15) is 0 Å². The molecule has 1 fully saturated rings. The summed E-state index contributed by atoms with van der Waals surface area (Å²) in [5.41, 5.74) is 5.73. The fraction of sp³-hybridized carbons (Fsp3) is 0.909. The summed E-state index contributed by atoms with van der Waals surface area (Å²) in [4.78, 5) is 0. The molecule has 1 saturated carbocycles. The third-order valence-corrected chi connectivity index (χ3v) is 4.12. The fourth-order valence-electron chi connectivity index (χ4n) is 1.85. The van der Waals surface area contributed by atoms with E-state index in [9.17, 15) is 4.21 Å². The fourth-order valence-corrected chi connectivity index (χ4v) is 2.53. The molecule has 0 aromatic heterocycles. The van der Waals surface area contributed by atoms with Crippen molar-refractivity contribution < 1.29 is 9.42 Å². The Morgan fingerprint density at radius 1 is 1.65 bits per heavy atom. The number of rotatable bonds is 8. The van der Waals surface area contributed by atoms with Gasteiger partial charge in [-0.1, -0.05) is 5.16 Å². The van der Waals surface area contributed by atoms with E-state index in [4.69, 9.17) is 10.9 Å². The zero-order chi connectivity index (χ0) is 12.9. The van der Waals surface area contributed by atoms with Crippen molar-refractivity contribution in [3.8, 4) is 0 Å². The van der Waals surface area contributed by atoms with Gasteiger partial charge in [0.2, 0.25) is 0 Å².